The SMILES string of the molecule is O=C(NCCn1nc2c(cc1=O)CCCC2)c1ccco1. The molecule has 6 heteroatoms. The first-order valence-electron chi connectivity index (χ1n) is 7.15. The van der Waals surface area contributed by atoms with Gasteiger partial charge in [0, 0.05) is 12.6 Å². The molecule has 110 valence electrons. The molecule has 21 heavy (non-hydrogen) atoms. The number of rotatable bonds is 4. The summed E-state index contributed by atoms with van der Waals surface area (Å²) < 4.78 is 6.42. The number of fused-ring (bicyclic) bond motifs is 1. The first-order chi connectivity index (χ1) is 10.2. The van der Waals surface area contributed by atoms with Crippen LogP contribution < -0.4 is 10.9 Å². The number of carbonyl (C=O) groups excluding carboxylic acids is 1. The lowest BCUT2D eigenvalue weighted by atomic mass is 9.97. The van der Waals surface area contributed by atoms with E-state index in [2.05, 4.69) is 10.4 Å². The van der Waals surface area contributed by atoms with Crippen molar-refractivity contribution in [3.63, 3.8) is 0 Å². The van der Waals surface area contributed by atoms with Gasteiger partial charge in [0.25, 0.3) is 11.5 Å². The van der Waals surface area contributed by atoms with Gasteiger partial charge in [-0.3, -0.25) is 9.59 Å². The van der Waals surface area contributed by atoms with Crippen molar-refractivity contribution < 1.29 is 9.21 Å². The van der Waals surface area contributed by atoms with Crippen LogP contribution in [0.5, 0.6) is 0 Å². The summed E-state index contributed by atoms with van der Waals surface area (Å²) in [6.45, 7) is 0.698. The molecule has 2 aromatic rings. The van der Waals surface area contributed by atoms with E-state index >= 15 is 0 Å². The van der Waals surface area contributed by atoms with E-state index in [-0.39, 0.29) is 17.2 Å². The molecule has 0 radical (unpaired) electrons. The first kappa shape index (κ1) is 13.6. The lowest BCUT2D eigenvalue weighted by Gasteiger charge is -2.15. The number of furan rings is 1. The fraction of sp³-hybridized carbons (Fsp3) is 0.400. The van der Waals surface area contributed by atoms with Crippen molar-refractivity contribution in [3.05, 3.63) is 51.8 Å². The smallest absolute Gasteiger partial charge is 0.287 e. The molecule has 0 unspecified atom stereocenters. The molecule has 2 heterocycles. The van der Waals surface area contributed by atoms with Gasteiger partial charge in [-0.2, -0.15) is 5.10 Å². The van der Waals surface area contributed by atoms with Crippen molar-refractivity contribution in [1.82, 2.24) is 15.1 Å². The molecule has 0 saturated heterocycles. The lowest BCUT2D eigenvalue weighted by Crippen LogP contribution is -2.33. The van der Waals surface area contributed by atoms with E-state index in [9.17, 15) is 9.59 Å². The Morgan fingerprint density at radius 1 is 1.38 bits per heavy atom. The number of carbonyl (C=O) groups is 1. The molecule has 0 saturated carbocycles. The monoisotopic (exact) mass is 287 g/mol. The third-order valence-corrected chi connectivity index (χ3v) is 3.63. The maximum atomic E-state index is 12.0. The van der Waals surface area contributed by atoms with Crippen LogP contribution in [0.25, 0.3) is 0 Å². The molecule has 0 fully saturated rings. The second-order valence-corrected chi connectivity index (χ2v) is 5.12. The van der Waals surface area contributed by atoms with Crippen molar-refractivity contribution >= 4 is 5.91 Å². The largest absolute Gasteiger partial charge is 0.459 e. The molecule has 2 aromatic heterocycles. The van der Waals surface area contributed by atoms with Gasteiger partial charge in [0.1, 0.15) is 0 Å². The molecular formula is C15H17N3O3. The number of hydrogen-bond acceptors (Lipinski definition) is 4. The quantitative estimate of drug-likeness (QED) is 0.915. The highest BCUT2D eigenvalue weighted by atomic mass is 16.3. The third kappa shape index (κ3) is 3.04. The summed E-state index contributed by atoms with van der Waals surface area (Å²) in [5.74, 6) is -0.0215. The maximum absolute atomic E-state index is 12.0. The Morgan fingerprint density at radius 2 is 2.24 bits per heavy atom. The Morgan fingerprint density at radius 3 is 3.05 bits per heavy atom. The fourth-order valence-electron chi connectivity index (χ4n) is 2.53. The molecule has 0 bridgehead atoms. The summed E-state index contributed by atoms with van der Waals surface area (Å²) >= 11 is 0. The second-order valence-electron chi connectivity index (χ2n) is 5.12. The van der Waals surface area contributed by atoms with Gasteiger partial charge in [-0.05, 0) is 43.4 Å². The van der Waals surface area contributed by atoms with Gasteiger partial charge < -0.3 is 9.73 Å². The van der Waals surface area contributed by atoms with Crippen LogP contribution in [0, 0.1) is 0 Å². The highest BCUT2D eigenvalue weighted by Gasteiger charge is 2.13. The van der Waals surface area contributed by atoms with Gasteiger partial charge in [0.05, 0.1) is 18.5 Å². The molecule has 6 nitrogen and oxygen atoms in total. The number of aromatic nitrogens is 2. The highest BCUT2D eigenvalue weighted by Crippen LogP contribution is 2.16. The minimum atomic E-state index is -0.286. The zero-order chi connectivity index (χ0) is 14.7. The van der Waals surface area contributed by atoms with E-state index in [1.807, 2.05) is 0 Å². The predicted molar refractivity (Wildman–Crippen MR) is 76.2 cm³/mol. The van der Waals surface area contributed by atoms with Crippen molar-refractivity contribution in [3.8, 4) is 0 Å². The van der Waals surface area contributed by atoms with E-state index in [4.69, 9.17) is 4.42 Å². The molecular weight excluding hydrogens is 270 g/mol. The zero-order valence-electron chi connectivity index (χ0n) is 11.7. The van der Waals surface area contributed by atoms with Gasteiger partial charge in [-0.25, -0.2) is 4.68 Å². The normalized spacial score (nSPS) is 13.7. The minimum absolute atomic E-state index is 0.108. The Labute approximate surface area is 121 Å². The topological polar surface area (TPSA) is 77.1 Å². The molecule has 1 amide bonds. The number of nitrogens with one attached hydrogen (secondary N) is 1. The summed E-state index contributed by atoms with van der Waals surface area (Å²) in [4.78, 5) is 23.7. The zero-order valence-corrected chi connectivity index (χ0v) is 11.7. The predicted octanol–water partition coefficient (Wildman–Crippen LogP) is 1.15. The number of amides is 1. The summed E-state index contributed by atoms with van der Waals surface area (Å²) in [5.41, 5.74) is 1.98. The van der Waals surface area contributed by atoms with E-state index < -0.39 is 0 Å². The molecule has 0 aromatic carbocycles. The summed E-state index contributed by atoms with van der Waals surface area (Å²) in [5, 5.41) is 7.11. The standard InChI is InChI=1S/C15H17N3O3/c19-14-10-11-4-1-2-5-12(11)17-18(14)8-7-16-15(20)13-6-3-9-21-13/h3,6,9-10H,1-2,4-5,7-8H2,(H,16,20). The lowest BCUT2D eigenvalue weighted by molar-refractivity contribution is 0.0924. The van der Waals surface area contributed by atoms with Crippen LogP contribution in [-0.4, -0.2) is 22.2 Å². The van der Waals surface area contributed by atoms with E-state index in [0.717, 1.165) is 36.9 Å². The summed E-state index contributed by atoms with van der Waals surface area (Å²) in [6, 6.07) is 4.93. The van der Waals surface area contributed by atoms with Crippen LogP contribution in [0.1, 0.15) is 34.7 Å². The van der Waals surface area contributed by atoms with Crippen LogP contribution in [-0.2, 0) is 19.4 Å². The van der Waals surface area contributed by atoms with Crippen LogP contribution >= 0.6 is 0 Å². The van der Waals surface area contributed by atoms with Crippen molar-refractivity contribution in [2.75, 3.05) is 6.54 Å². The van der Waals surface area contributed by atoms with E-state index in [0.29, 0.717) is 13.1 Å². The van der Waals surface area contributed by atoms with Crippen LogP contribution in [0.2, 0.25) is 0 Å². The van der Waals surface area contributed by atoms with Gasteiger partial charge in [-0.15, -0.1) is 0 Å². The van der Waals surface area contributed by atoms with Crippen molar-refractivity contribution in [1.29, 1.82) is 0 Å². The maximum Gasteiger partial charge on any atom is 0.287 e. The molecule has 0 spiro atoms. The molecule has 1 aliphatic rings. The molecule has 1 N–H and O–H groups in total. The van der Waals surface area contributed by atoms with Crippen molar-refractivity contribution in [2.45, 2.75) is 32.2 Å². The Kier molecular flexibility index (Phi) is 3.85. The van der Waals surface area contributed by atoms with Gasteiger partial charge >= 0.3 is 0 Å². The van der Waals surface area contributed by atoms with Crippen molar-refractivity contribution in [2.24, 2.45) is 0 Å². The Hall–Kier alpha value is -2.37. The van der Waals surface area contributed by atoms with Gasteiger partial charge in [0.15, 0.2) is 5.76 Å². The molecule has 3 rings (SSSR count). The summed E-state index contributed by atoms with van der Waals surface area (Å²) in [7, 11) is 0. The highest BCUT2D eigenvalue weighted by molar-refractivity contribution is 5.91. The van der Waals surface area contributed by atoms with Crippen LogP contribution in [0.4, 0.5) is 0 Å². The van der Waals surface area contributed by atoms with Gasteiger partial charge in [-0.1, -0.05) is 0 Å². The summed E-state index contributed by atoms with van der Waals surface area (Å²) in [6.07, 6.45) is 5.55. The van der Waals surface area contributed by atoms with Gasteiger partial charge in [0.2, 0.25) is 0 Å². The number of aryl methyl sites for hydroxylation is 2. The van der Waals surface area contributed by atoms with E-state index in [1.165, 1.54) is 10.9 Å². The fourth-order valence-corrected chi connectivity index (χ4v) is 2.53. The average Bonchev–Trinajstić information content (AvgIpc) is 3.02. The molecule has 0 atom stereocenters. The average molecular weight is 287 g/mol. The molecule has 1 aliphatic carbocycles. The first-order valence-corrected chi connectivity index (χ1v) is 7.15. The Balaban J connectivity index is 1.63. The van der Waals surface area contributed by atoms with Crippen LogP contribution in [0.15, 0.2) is 33.7 Å². The Bertz CT molecular complexity index is 689. The molecule has 0 aliphatic heterocycles. The minimum Gasteiger partial charge on any atom is -0.459 e. The second kappa shape index (κ2) is 5.95. The van der Waals surface area contributed by atoms with Crippen LogP contribution in [0.3, 0.4) is 0 Å². The number of nitrogens with zero attached hydrogens (tertiary/aromatic N) is 2. The third-order valence-electron chi connectivity index (χ3n) is 3.63. The van der Waals surface area contributed by atoms with E-state index in [1.54, 1.807) is 18.2 Å². The number of hydrogen-bond donors (Lipinski definition) is 1.